The van der Waals surface area contributed by atoms with Crippen LogP contribution in [0.2, 0.25) is 0 Å². The zero-order valence-corrected chi connectivity index (χ0v) is 11.2. The van der Waals surface area contributed by atoms with Crippen LogP contribution in [0.5, 0.6) is 0 Å². The molecule has 0 amide bonds. The number of hydrogen-bond donors (Lipinski definition) is 0. The van der Waals surface area contributed by atoms with Crippen LogP contribution in [0.15, 0.2) is 14.8 Å². The molecule has 0 aliphatic carbocycles. The number of halogens is 1. The van der Waals surface area contributed by atoms with Gasteiger partial charge in [-0.3, -0.25) is 0 Å². The van der Waals surface area contributed by atoms with E-state index >= 15 is 0 Å². The second-order valence-corrected chi connectivity index (χ2v) is 1.71. The summed E-state index contributed by atoms with van der Waals surface area (Å²) >= 11 is 2.14. The smallest absolute Gasteiger partial charge is 0 e. The van der Waals surface area contributed by atoms with Crippen LogP contribution >= 0.6 is 22.6 Å². The van der Waals surface area contributed by atoms with Crippen molar-refractivity contribution >= 4 is 28.8 Å². The predicted molar refractivity (Wildman–Crippen MR) is 40.9 cm³/mol. The molecule has 0 unspecified atom stereocenters. The molecule has 3 heteroatoms. The molecular weight excluding hydrogens is 439 g/mol. The first-order valence-electron chi connectivity index (χ1n) is 1.95. The molecule has 0 aromatic heterocycles. The minimum Gasteiger partial charge on any atom is -0.460 e. The van der Waals surface area contributed by atoms with Crippen LogP contribution in [0.3, 0.4) is 0 Å². The fraction of sp³-hybridized carbons (Fsp3) is 0.400. The van der Waals surface area contributed by atoms with Crippen LogP contribution in [0.1, 0.15) is 13.8 Å². The molecule has 0 saturated heterocycles. The van der Waals surface area contributed by atoms with Crippen molar-refractivity contribution in [1.82, 2.24) is 0 Å². The van der Waals surface area contributed by atoms with Crippen molar-refractivity contribution < 1.29 is 31.1 Å². The Morgan fingerprint density at radius 1 is 1.75 bits per heavy atom. The third kappa shape index (κ3) is 7.19. The van der Waals surface area contributed by atoms with Crippen molar-refractivity contribution in [2.75, 3.05) is 0 Å². The summed E-state index contributed by atoms with van der Waals surface area (Å²) in [6.45, 7) is 3.71. The fourth-order valence-electron chi connectivity index (χ4n) is 0.201. The van der Waals surface area contributed by atoms with Crippen molar-refractivity contribution in [2.24, 2.45) is 4.99 Å². The first-order valence-corrected chi connectivity index (χ1v) is 3.20. The van der Waals surface area contributed by atoms with Gasteiger partial charge in [-0.1, -0.05) is 33.6 Å². The first-order chi connectivity index (χ1) is 3.31. The average Bonchev–Trinajstić information content (AvgIpc) is 1.68. The van der Waals surface area contributed by atoms with Crippen LogP contribution in [-0.4, -0.2) is 6.21 Å². The third-order valence-corrected chi connectivity index (χ3v) is 1.35. The number of allylic oxidation sites excluding steroid dienone is 1. The standard InChI is InChI=1S/C5H7IN.U/c1-3-7-5(2)4-6;/h4H,1-2H3;/q-1;/b5-4-;. The molecule has 0 aliphatic rings. The number of nitrogens with zero attached hydrogens (tertiary/aromatic N) is 1. The molecule has 0 saturated carbocycles. The van der Waals surface area contributed by atoms with Crippen molar-refractivity contribution in [2.45, 2.75) is 13.8 Å². The van der Waals surface area contributed by atoms with E-state index in [4.69, 9.17) is 0 Å². The monoisotopic (exact) mass is 446 g/mol. The van der Waals surface area contributed by atoms with Gasteiger partial charge in [0.15, 0.2) is 0 Å². The molecule has 0 aliphatic heterocycles. The van der Waals surface area contributed by atoms with E-state index in [1.807, 2.05) is 11.0 Å². The van der Waals surface area contributed by atoms with E-state index in [1.165, 1.54) is 0 Å². The molecule has 0 N–H and O–H groups in total. The molecule has 0 fully saturated rings. The number of rotatable bonds is 1. The molecule has 0 atom stereocenters. The van der Waals surface area contributed by atoms with Gasteiger partial charge in [0.25, 0.3) is 0 Å². The van der Waals surface area contributed by atoms with Gasteiger partial charge in [0.2, 0.25) is 0 Å². The van der Waals surface area contributed by atoms with Crippen LogP contribution in [0, 0.1) is 31.1 Å². The maximum atomic E-state index is 3.85. The van der Waals surface area contributed by atoms with Crippen molar-refractivity contribution in [3.63, 3.8) is 0 Å². The summed E-state index contributed by atoms with van der Waals surface area (Å²) in [4.78, 5) is 3.85. The molecule has 0 aromatic carbocycles. The zero-order valence-electron chi connectivity index (χ0n) is 4.90. The second kappa shape index (κ2) is 8.19. The summed E-state index contributed by atoms with van der Waals surface area (Å²) in [7, 11) is 0. The van der Waals surface area contributed by atoms with Gasteiger partial charge in [-0.2, -0.15) is 6.21 Å². The van der Waals surface area contributed by atoms with Gasteiger partial charge in [0.05, 0.1) is 0 Å². The Morgan fingerprint density at radius 3 is 2.38 bits per heavy atom. The molecule has 0 spiro atoms. The summed E-state index contributed by atoms with van der Waals surface area (Å²) in [5.74, 6) is 0. The Hall–Kier alpha value is 1.19. The summed E-state index contributed by atoms with van der Waals surface area (Å²) in [5, 5.41) is 0. The topological polar surface area (TPSA) is 12.4 Å². The molecule has 0 heterocycles. The van der Waals surface area contributed by atoms with Crippen LogP contribution in [0.25, 0.3) is 0 Å². The normalized spacial score (nSPS) is 11.6. The Bertz CT molecular complexity index is 98.6. The summed E-state index contributed by atoms with van der Waals surface area (Å²) in [6.07, 6.45) is 2.67. The molecule has 0 radical (unpaired) electrons. The molecule has 8 heavy (non-hydrogen) atoms. The first kappa shape index (κ1) is 11.9. The maximum Gasteiger partial charge on any atom is 0 e. The van der Waals surface area contributed by atoms with Gasteiger partial charge in [-0.05, 0) is 0 Å². The van der Waals surface area contributed by atoms with Gasteiger partial charge < -0.3 is 4.99 Å². The van der Waals surface area contributed by atoms with E-state index in [-0.39, 0.29) is 31.1 Å². The van der Waals surface area contributed by atoms with Gasteiger partial charge in [0, 0.05) is 31.1 Å². The maximum absolute atomic E-state index is 3.85. The van der Waals surface area contributed by atoms with E-state index < -0.39 is 0 Å². The Balaban J connectivity index is 0. The Kier molecular flexibility index (Phi) is 12.2. The van der Waals surface area contributed by atoms with Crippen molar-refractivity contribution in [3.8, 4) is 0 Å². The van der Waals surface area contributed by atoms with Crippen LogP contribution < -0.4 is 0 Å². The zero-order chi connectivity index (χ0) is 5.70. The van der Waals surface area contributed by atoms with E-state index in [0.29, 0.717) is 0 Å². The van der Waals surface area contributed by atoms with Gasteiger partial charge in [0.1, 0.15) is 0 Å². The summed E-state index contributed by atoms with van der Waals surface area (Å²) in [5.41, 5.74) is 1.00. The summed E-state index contributed by atoms with van der Waals surface area (Å²) in [6, 6.07) is 0. The van der Waals surface area contributed by atoms with E-state index in [9.17, 15) is 0 Å². The molecule has 0 aromatic rings. The SMILES string of the molecule is C[C-]=N/C(C)=C\I.[U]. The van der Waals surface area contributed by atoms with Crippen molar-refractivity contribution in [3.05, 3.63) is 9.78 Å². The Morgan fingerprint density at radius 2 is 2.25 bits per heavy atom. The predicted octanol–water partition coefficient (Wildman–Crippen LogP) is 2.25. The second-order valence-electron chi connectivity index (χ2n) is 1.09. The molecule has 0 rings (SSSR count). The van der Waals surface area contributed by atoms with E-state index in [0.717, 1.165) is 5.70 Å². The largest absolute Gasteiger partial charge is 0.460 e. The molecule has 44 valence electrons. The van der Waals surface area contributed by atoms with Crippen LogP contribution in [-0.2, 0) is 0 Å². The van der Waals surface area contributed by atoms with E-state index in [2.05, 4.69) is 33.8 Å². The van der Waals surface area contributed by atoms with Crippen LogP contribution in [0.4, 0.5) is 0 Å². The minimum atomic E-state index is 0. The van der Waals surface area contributed by atoms with E-state index in [1.54, 1.807) is 6.92 Å². The number of hydrogen-bond acceptors (Lipinski definition) is 1. The summed E-state index contributed by atoms with van der Waals surface area (Å²) < 4.78 is 1.91. The number of aliphatic imine (C=N–C) groups is 1. The quantitative estimate of drug-likeness (QED) is 0.333. The fourth-order valence-corrected chi connectivity index (χ4v) is 0.340. The average molecular weight is 446 g/mol. The van der Waals surface area contributed by atoms with Gasteiger partial charge in [-0.15, -0.1) is 12.6 Å². The molecule has 1 nitrogen and oxygen atoms in total. The molecule has 0 bridgehead atoms. The van der Waals surface area contributed by atoms with Gasteiger partial charge in [-0.25, -0.2) is 0 Å². The third-order valence-electron chi connectivity index (χ3n) is 0.446. The molecular formula is C5H7INU-. The van der Waals surface area contributed by atoms with Gasteiger partial charge >= 0.3 is 0 Å². The van der Waals surface area contributed by atoms with Crippen molar-refractivity contribution in [1.29, 1.82) is 0 Å². The Labute approximate surface area is 87.5 Å². The minimum absolute atomic E-state index is 0.